The van der Waals surface area contributed by atoms with Gasteiger partial charge in [0.05, 0.1) is 28.8 Å². The Morgan fingerprint density at radius 2 is 1.88 bits per heavy atom. The smallest absolute Gasteiger partial charge is 0.259 e. The minimum atomic E-state index is -0.581. The van der Waals surface area contributed by atoms with Crippen molar-refractivity contribution >= 4 is 23.2 Å². The first kappa shape index (κ1) is 18.1. The van der Waals surface area contributed by atoms with Gasteiger partial charge in [0.1, 0.15) is 5.82 Å². The third-order valence-electron chi connectivity index (χ3n) is 4.06. The Kier molecular flexibility index (Phi) is 5.09. The lowest BCUT2D eigenvalue weighted by atomic mass is 10.0. The maximum Gasteiger partial charge on any atom is 0.259 e. The van der Waals surface area contributed by atoms with Gasteiger partial charge in [-0.2, -0.15) is 5.10 Å². The molecule has 1 heterocycles. The minimum Gasteiger partial charge on any atom is -0.319 e. The van der Waals surface area contributed by atoms with E-state index in [1.54, 1.807) is 4.68 Å². The summed E-state index contributed by atoms with van der Waals surface area (Å²) in [6.07, 6.45) is 1.51. The van der Waals surface area contributed by atoms with Crippen LogP contribution in [0.1, 0.15) is 41.4 Å². The van der Waals surface area contributed by atoms with Crippen molar-refractivity contribution in [1.29, 1.82) is 0 Å². The highest BCUT2D eigenvalue weighted by atomic mass is 35.5. The molecule has 0 atom stereocenters. The van der Waals surface area contributed by atoms with Crippen LogP contribution < -0.4 is 5.32 Å². The summed E-state index contributed by atoms with van der Waals surface area (Å²) in [6.45, 7) is 5.98. The van der Waals surface area contributed by atoms with E-state index in [4.69, 9.17) is 11.6 Å². The van der Waals surface area contributed by atoms with Crippen LogP contribution in [0.15, 0.2) is 48.7 Å². The SMILES string of the molecule is Cc1ccc(-n2ncc(C(=O)Nc3ccc(Cl)cc3F)c2C(C)C)cc1. The summed E-state index contributed by atoms with van der Waals surface area (Å²) in [6, 6.07) is 12.0. The lowest BCUT2D eigenvalue weighted by molar-refractivity contribution is 0.102. The standard InChI is InChI=1S/C20H19ClFN3O/c1-12(2)19-16(11-23-25(19)15-7-4-13(3)5-8-15)20(26)24-18-9-6-14(21)10-17(18)22/h4-12H,1-3H3,(H,24,26). The maximum absolute atomic E-state index is 14.0. The molecule has 0 unspecified atom stereocenters. The molecule has 0 bridgehead atoms. The third-order valence-corrected chi connectivity index (χ3v) is 4.29. The quantitative estimate of drug-likeness (QED) is 0.672. The number of carbonyl (C=O) groups excluding carboxylic acids is 1. The molecule has 3 aromatic rings. The monoisotopic (exact) mass is 371 g/mol. The van der Waals surface area contributed by atoms with Crippen molar-refractivity contribution in [2.24, 2.45) is 0 Å². The predicted molar refractivity (Wildman–Crippen MR) is 102 cm³/mol. The van der Waals surface area contributed by atoms with E-state index in [2.05, 4.69) is 10.4 Å². The average Bonchev–Trinajstić information content (AvgIpc) is 3.03. The molecule has 0 saturated carbocycles. The van der Waals surface area contributed by atoms with Gasteiger partial charge in [0.15, 0.2) is 0 Å². The van der Waals surface area contributed by atoms with Crippen LogP contribution in [0.25, 0.3) is 5.69 Å². The van der Waals surface area contributed by atoms with Crippen LogP contribution in [-0.2, 0) is 0 Å². The van der Waals surface area contributed by atoms with Gasteiger partial charge in [0, 0.05) is 5.02 Å². The van der Waals surface area contributed by atoms with E-state index < -0.39 is 11.7 Å². The van der Waals surface area contributed by atoms with E-state index in [1.807, 2.05) is 45.0 Å². The first-order valence-corrected chi connectivity index (χ1v) is 8.66. The zero-order valence-electron chi connectivity index (χ0n) is 14.8. The fourth-order valence-corrected chi connectivity index (χ4v) is 2.92. The molecule has 0 saturated heterocycles. The van der Waals surface area contributed by atoms with Gasteiger partial charge in [-0.25, -0.2) is 9.07 Å². The second-order valence-corrected chi connectivity index (χ2v) is 6.86. The maximum atomic E-state index is 14.0. The number of benzene rings is 2. The van der Waals surface area contributed by atoms with Crippen molar-refractivity contribution in [3.63, 3.8) is 0 Å². The zero-order valence-corrected chi connectivity index (χ0v) is 15.5. The van der Waals surface area contributed by atoms with E-state index in [0.717, 1.165) is 23.0 Å². The van der Waals surface area contributed by atoms with Crippen LogP contribution in [0.2, 0.25) is 5.02 Å². The molecule has 1 N–H and O–H groups in total. The number of nitrogens with zero attached hydrogens (tertiary/aromatic N) is 2. The number of amides is 1. The van der Waals surface area contributed by atoms with Crippen LogP contribution >= 0.6 is 11.6 Å². The summed E-state index contributed by atoms with van der Waals surface area (Å²) >= 11 is 5.75. The highest BCUT2D eigenvalue weighted by molar-refractivity contribution is 6.30. The molecule has 26 heavy (non-hydrogen) atoms. The van der Waals surface area contributed by atoms with Crippen molar-refractivity contribution in [1.82, 2.24) is 9.78 Å². The van der Waals surface area contributed by atoms with Gasteiger partial charge in [-0.3, -0.25) is 4.79 Å². The van der Waals surface area contributed by atoms with Crippen molar-refractivity contribution < 1.29 is 9.18 Å². The molecular weight excluding hydrogens is 353 g/mol. The molecule has 134 valence electrons. The van der Waals surface area contributed by atoms with Crippen LogP contribution in [0.3, 0.4) is 0 Å². The number of halogens is 2. The largest absolute Gasteiger partial charge is 0.319 e. The first-order valence-electron chi connectivity index (χ1n) is 8.28. The average molecular weight is 372 g/mol. The second-order valence-electron chi connectivity index (χ2n) is 6.42. The molecule has 2 aromatic carbocycles. The van der Waals surface area contributed by atoms with Crippen molar-refractivity contribution in [2.45, 2.75) is 26.7 Å². The molecule has 6 heteroatoms. The molecule has 3 rings (SSSR count). The van der Waals surface area contributed by atoms with E-state index in [1.165, 1.54) is 18.3 Å². The number of carbonyl (C=O) groups is 1. The van der Waals surface area contributed by atoms with Crippen LogP contribution in [-0.4, -0.2) is 15.7 Å². The number of rotatable bonds is 4. The Hall–Kier alpha value is -2.66. The van der Waals surface area contributed by atoms with E-state index in [0.29, 0.717) is 5.56 Å². The summed E-state index contributed by atoms with van der Waals surface area (Å²) in [4.78, 5) is 12.7. The van der Waals surface area contributed by atoms with E-state index >= 15 is 0 Å². The topological polar surface area (TPSA) is 46.9 Å². The number of nitrogens with one attached hydrogen (secondary N) is 1. The van der Waals surface area contributed by atoms with Gasteiger partial charge < -0.3 is 5.32 Å². The Bertz CT molecular complexity index is 948. The number of aromatic nitrogens is 2. The summed E-state index contributed by atoms with van der Waals surface area (Å²) in [5.74, 6) is -0.939. The molecule has 1 amide bonds. The van der Waals surface area contributed by atoms with Crippen LogP contribution in [0, 0.1) is 12.7 Å². The second kappa shape index (κ2) is 7.30. The molecule has 0 aliphatic carbocycles. The summed E-state index contributed by atoms with van der Waals surface area (Å²) < 4.78 is 15.7. The van der Waals surface area contributed by atoms with Crippen molar-refractivity contribution in [3.8, 4) is 5.69 Å². The fourth-order valence-electron chi connectivity index (χ4n) is 2.76. The molecular formula is C20H19ClFN3O. The van der Waals surface area contributed by atoms with Crippen molar-refractivity contribution in [3.05, 3.63) is 76.3 Å². The number of hydrogen-bond donors (Lipinski definition) is 1. The van der Waals surface area contributed by atoms with Crippen LogP contribution in [0.5, 0.6) is 0 Å². The van der Waals surface area contributed by atoms with Gasteiger partial charge in [0.2, 0.25) is 0 Å². The number of aryl methyl sites for hydroxylation is 1. The Morgan fingerprint density at radius 1 is 1.19 bits per heavy atom. The van der Waals surface area contributed by atoms with Gasteiger partial charge >= 0.3 is 0 Å². The Morgan fingerprint density at radius 3 is 2.50 bits per heavy atom. The summed E-state index contributed by atoms with van der Waals surface area (Å²) in [5, 5.41) is 7.25. The molecule has 0 fully saturated rings. The molecule has 0 aliphatic rings. The number of hydrogen-bond acceptors (Lipinski definition) is 2. The highest BCUT2D eigenvalue weighted by Gasteiger charge is 2.21. The van der Waals surface area contributed by atoms with Crippen molar-refractivity contribution in [2.75, 3.05) is 5.32 Å². The normalized spacial score (nSPS) is 11.0. The van der Waals surface area contributed by atoms with Gasteiger partial charge in [-0.15, -0.1) is 0 Å². The molecule has 0 spiro atoms. The predicted octanol–water partition coefficient (Wildman–Crippen LogP) is 5.35. The zero-order chi connectivity index (χ0) is 18.8. The third kappa shape index (κ3) is 3.63. The molecule has 0 aliphatic heterocycles. The fraction of sp³-hybridized carbons (Fsp3) is 0.200. The Labute approximate surface area is 156 Å². The van der Waals surface area contributed by atoms with E-state index in [9.17, 15) is 9.18 Å². The molecule has 1 aromatic heterocycles. The lowest BCUT2D eigenvalue weighted by Gasteiger charge is -2.13. The van der Waals surface area contributed by atoms with E-state index in [-0.39, 0.29) is 16.6 Å². The first-order chi connectivity index (χ1) is 12.4. The highest BCUT2D eigenvalue weighted by Crippen LogP contribution is 2.25. The number of anilines is 1. The summed E-state index contributed by atoms with van der Waals surface area (Å²) in [5.41, 5.74) is 3.27. The summed E-state index contributed by atoms with van der Waals surface area (Å²) in [7, 11) is 0. The van der Waals surface area contributed by atoms with Crippen LogP contribution in [0.4, 0.5) is 10.1 Å². The van der Waals surface area contributed by atoms with Gasteiger partial charge in [-0.1, -0.05) is 43.1 Å². The lowest BCUT2D eigenvalue weighted by Crippen LogP contribution is -2.16. The molecule has 0 radical (unpaired) electrons. The minimum absolute atomic E-state index is 0.0506. The van der Waals surface area contributed by atoms with Gasteiger partial charge in [-0.05, 0) is 43.2 Å². The van der Waals surface area contributed by atoms with Gasteiger partial charge in [0.25, 0.3) is 5.91 Å². The molecule has 4 nitrogen and oxygen atoms in total. The Balaban J connectivity index is 1.97.